The molecule has 0 aliphatic rings. The largest absolute Gasteiger partial charge is 0.410 e. The first-order chi connectivity index (χ1) is 5.12. The molecule has 64 valence electrons. The second-order valence-electron chi connectivity index (χ2n) is 2.53. The molecule has 11 heavy (non-hydrogen) atoms. The van der Waals surface area contributed by atoms with Crippen LogP contribution in [-0.2, 0) is 0 Å². The van der Waals surface area contributed by atoms with Crippen LogP contribution >= 0.6 is 0 Å². The van der Waals surface area contributed by atoms with Crippen molar-refractivity contribution in [2.45, 2.75) is 25.9 Å². The predicted octanol–water partition coefficient (Wildman–Crippen LogP) is 1.57. The molecular weight excluding hydrogens is 156 g/mol. The van der Waals surface area contributed by atoms with E-state index in [0.29, 0.717) is 12.1 Å². The second-order valence-corrected chi connectivity index (χ2v) is 5.31. The Bertz CT molecular complexity index is 134. The van der Waals surface area contributed by atoms with E-state index in [4.69, 9.17) is 0 Å². The maximum atomic E-state index is 9.37. The van der Waals surface area contributed by atoms with Crippen LogP contribution in [0.5, 0.6) is 0 Å². The predicted molar refractivity (Wildman–Crippen MR) is 49.4 cm³/mol. The van der Waals surface area contributed by atoms with E-state index in [1.54, 1.807) is 12.2 Å². The van der Waals surface area contributed by atoms with Crippen molar-refractivity contribution in [2.75, 3.05) is 0 Å². The normalized spacial score (nSPS) is 13.5. The highest BCUT2D eigenvalue weighted by atomic mass is 28.4. The summed E-state index contributed by atoms with van der Waals surface area (Å²) in [5.74, 6) is 0. The summed E-state index contributed by atoms with van der Waals surface area (Å²) in [5, 5.41) is 0. The van der Waals surface area contributed by atoms with Crippen molar-refractivity contribution >= 4 is 8.56 Å². The van der Waals surface area contributed by atoms with Gasteiger partial charge in [0.05, 0.1) is 0 Å². The first-order valence-electron chi connectivity index (χ1n) is 3.79. The Morgan fingerprint density at radius 2 is 1.36 bits per heavy atom. The maximum Gasteiger partial charge on any atom is 0.340 e. The van der Waals surface area contributed by atoms with Crippen LogP contribution in [0.4, 0.5) is 0 Å². The Kier molecular flexibility index (Phi) is 5.11. The van der Waals surface area contributed by atoms with Crippen molar-refractivity contribution in [2.24, 2.45) is 0 Å². The van der Waals surface area contributed by atoms with Gasteiger partial charge in [0.25, 0.3) is 0 Å². The summed E-state index contributed by atoms with van der Waals surface area (Å²) in [4.78, 5) is 18.7. The highest BCUT2D eigenvalue weighted by Gasteiger charge is 2.24. The SMILES string of the molecule is CC=CC[Si](O)(O)CC=CC. The highest BCUT2D eigenvalue weighted by Crippen LogP contribution is 2.09. The molecule has 0 unspecified atom stereocenters. The Labute approximate surface area is 69.1 Å². The van der Waals surface area contributed by atoms with Crippen molar-refractivity contribution < 1.29 is 9.59 Å². The Hall–Kier alpha value is -0.383. The van der Waals surface area contributed by atoms with Crippen LogP contribution in [0.1, 0.15) is 13.8 Å². The van der Waals surface area contributed by atoms with Gasteiger partial charge in [-0.2, -0.15) is 0 Å². The smallest absolute Gasteiger partial charge is 0.340 e. The maximum absolute atomic E-state index is 9.37. The fourth-order valence-electron chi connectivity index (χ4n) is 0.697. The van der Waals surface area contributed by atoms with E-state index in [-0.39, 0.29) is 0 Å². The second kappa shape index (κ2) is 5.29. The van der Waals surface area contributed by atoms with Crippen LogP contribution in [0.25, 0.3) is 0 Å². The molecule has 0 atom stereocenters. The number of hydrogen-bond acceptors (Lipinski definition) is 2. The van der Waals surface area contributed by atoms with E-state index >= 15 is 0 Å². The van der Waals surface area contributed by atoms with Gasteiger partial charge in [-0.15, -0.1) is 0 Å². The Morgan fingerprint density at radius 1 is 1.00 bits per heavy atom. The van der Waals surface area contributed by atoms with E-state index < -0.39 is 8.56 Å². The molecule has 0 rings (SSSR count). The van der Waals surface area contributed by atoms with Crippen molar-refractivity contribution in [3.8, 4) is 0 Å². The lowest BCUT2D eigenvalue weighted by Gasteiger charge is -2.12. The zero-order chi connectivity index (χ0) is 8.74. The third kappa shape index (κ3) is 6.03. The van der Waals surface area contributed by atoms with E-state index in [1.165, 1.54) is 0 Å². The van der Waals surface area contributed by atoms with Gasteiger partial charge in [0, 0.05) is 12.1 Å². The van der Waals surface area contributed by atoms with Crippen LogP contribution in [0.2, 0.25) is 12.1 Å². The molecule has 0 spiro atoms. The van der Waals surface area contributed by atoms with Crippen molar-refractivity contribution in [1.29, 1.82) is 0 Å². The molecule has 0 bridgehead atoms. The lowest BCUT2D eigenvalue weighted by Crippen LogP contribution is -2.32. The van der Waals surface area contributed by atoms with Gasteiger partial charge in [0.1, 0.15) is 0 Å². The molecule has 0 saturated carbocycles. The molecule has 2 nitrogen and oxygen atoms in total. The minimum atomic E-state index is -2.92. The third-order valence-corrected chi connectivity index (χ3v) is 3.14. The summed E-state index contributed by atoms with van der Waals surface area (Å²) >= 11 is 0. The van der Waals surface area contributed by atoms with Crippen LogP contribution in [0.3, 0.4) is 0 Å². The van der Waals surface area contributed by atoms with Crippen molar-refractivity contribution in [3.05, 3.63) is 24.3 Å². The lowest BCUT2D eigenvalue weighted by molar-refractivity contribution is 0.369. The van der Waals surface area contributed by atoms with Crippen LogP contribution in [0, 0.1) is 0 Å². The molecule has 3 heteroatoms. The minimum absolute atomic E-state index is 0.424. The monoisotopic (exact) mass is 172 g/mol. The lowest BCUT2D eigenvalue weighted by atomic mass is 10.6. The summed E-state index contributed by atoms with van der Waals surface area (Å²) < 4.78 is 0. The van der Waals surface area contributed by atoms with Gasteiger partial charge in [-0.25, -0.2) is 0 Å². The number of hydrogen-bond donors (Lipinski definition) is 2. The molecule has 0 aromatic rings. The highest BCUT2D eigenvalue weighted by molar-refractivity contribution is 6.65. The van der Waals surface area contributed by atoms with E-state index in [2.05, 4.69) is 0 Å². The van der Waals surface area contributed by atoms with Crippen molar-refractivity contribution in [3.63, 3.8) is 0 Å². The zero-order valence-electron chi connectivity index (χ0n) is 7.12. The van der Waals surface area contributed by atoms with Gasteiger partial charge in [0.2, 0.25) is 0 Å². The third-order valence-electron chi connectivity index (χ3n) is 1.36. The fourth-order valence-corrected chi connectivity index (χ4v) is 2.09. The molecular formula is C8H16O2Si. The molecule has 0 aliphatic carbocycles. The van der Waals surface area contributed by atoms with Gasteiger partial charge in [-0.1, -0.05) is 24.3 Å². The summed E-state index contributed by atoms with van der Waals surface area (Å²) in [6.45, 7) is 3.75. The average molecular weight is 172 g/mol. The van der Waals surface area contributed by atoms with Crippen LogP contribution < -0.4 is 0 Å². The van der Waals surface area contributed by atoms with E-state index in [0.717, 1.165) is 0 Å². The molecule has 0 radical (unpaired) electrons. The summed E-state index contributed by atoms with van der Waals surface area (Å²) in [6, 6.07) is 0.849. The summed E-state index contributed by atoms with van der Waals surface area (Å²) in [5.41, 5.74) is 0. The van der Waals surface area contributed by atoms with Gasteiger partial charge in [-0.05, 0) is 13.8 Å². The first kappa shape index (κ1) is 10.6. The molecule has 0 amide bonds. The van der Waals surface area contributed by atoms with Crippen LogP contribution in [0.15, 0.2) is 24.3 Å². The van der Waals surface area contributed by atoms with Crippen molar-refractivity contribution in [1.82, 2.24) is 0 Å². The summed E-state index contributed by atoms with van der Waals surface area (Å²) in [6.07, 6.45) is 7.28. The molecule has 0 aliphatic heterocycles. The molecule has 2 N–H and O–H groups in total. The van der Waals surface area contributed by atoms with Gasteiger partial charge >= 0.3 is 8.56 Å². The fraction of sp³-hybridized carbons (Fsp3) is 0.500. The Morgan fingerprint density at radius 3 is 1.64 bits per heavy atom. The first-order valence-corrected chi connectivity index (χ1v) is 6.10. The zero-order valence-corrected chi connectivity index (χ0v) is 8.12. The molecule has 0 fully saturated rings. The standard InChI is InChI=1S/C8H16O2Si/c1-3-5-7-11(9,10)8-6-4-2/h3-6,9-10H,7-8H2,1-2H3. The Balaban J connectivity index is 3.78. The van der Waals surface area contributed by atoms with Gasteiger partial charge in [0.15, 0.2) is 0 Å². The van der Waals surface area contributed by atoms with E-state index in [1.807, 2.05) is 26.0 Å². The summed E-state index contributed by atoms with van der Waals surface area (Å²) in [7, 11) is -2.92. The topological polar surface area (TPSA) is 40.5 Å². The molecule has 0 heterocycles. The van der Waals surface area contributed by atoms with Crippen LogP contribution in [-0.4, -0.2) is 18.2 Å². The quantitative estimate of drug-likeness (QED) is 0.499. The minimum Gasteiger partial charge on any atom is -0.410 e. The molecule has 0 aromatic carbocycles. The molecule has 0 saturated heterocycles. The van der Waals surface area contributed by atoms with E-state index in [9.17, 15) is 9.59 Å². The average Bonchev–Trinajstić information content (AvgIpc) is 1.97. The van der Waals surface area contributed by atoms with Gasteiger partial charge < -0.3 is 9.59 Å². The number of rotatable bonds is 4. The van der Waals surface area contributed by atoms with Gasteiger partial charge in [-0.3, -0.25) is 0 Å². The number of allylic oxidation sites excluding steroid dienone is 4. The molecule has 0 aromatic heterocycles.